The highest BCUT2D eigenvalue weighted by molar-refractivity contribution is 7.92. The molecule has 0 aromatic rings. The molecule has 5 nitrogen and oxygen atoms in total. The summed E-state index contributed by atoms with van der Waals surface area (Å²) in [4.78, 5) is 12.1. The summed E-state index contributed by atoms with van der Waals surface area (Å²) in [6.45, 7) is 1.68. The lowest BCUT2D eigenvalue weighted by atomic mass is 9.98. The minimum Gasteiger partial charge on any atom is -0.461 e. The van der Waals surface area contributed by atoms with Crippen LogP contribution in [-0.4, -0.2) is 31.5 Å². The molecule has 0 amide bonds. The normalized spacial score (nSPS) is 18.2. The topological polar surface area (TPSA) is 84.2 Å². The molecular formula is C14H23NO4S. The number of nitriles is 1. The SMILES string of the molecule is CCC(C(=O)OC1CCCCC1)S(=O)(=O)CCCC#N. The summed E-state index contributed by atoms with van der Waals surface area (Å²) >= 11 is 0. The van der Waals surface area contributed by atoms with Crippen molar-refractivity contribution < 1.29 is 17.9 Å². The molecule has 0 aliphatic heterocycles. The van der Waals surface area contributed by atoms with E-state index < -0.39 is 21.1 Å². The molecule has 0 heterocycles. The first-order valence-corrected chi connectivity index (χ1v) is 9.01. The second-order valence-corrected chi connectivity index (χ2v) is 7.53. The Balaban J connectivity index is 2.59. The van der Waals surface area contributed by atoms with Crippen LogP contribution in [0.3, 0.4) is 0 Å². The summed E-state index contributed by atoms with van der Waals surface area (Å²) in [6, 6.07) is 1.91. The van der Waals surface area contributed by atoms with Gasteiger partial charge in [-0.05, 0) is 38.5 Å². The minimum absolute atomic E-state index is 0.125. The predicted molar refractivity (Wildman–Crippen MR) is 75.7 cm³/mol. The summed E-state index contributed by atoms with van der Waals surface area (Å²) in [7, 11) is -3.52. The number of carbonyl (C=O) groups excluding carboxylic acids is 1. The third kappa shape index (κ3) is 5.12. The fraction of sp³-hybridized carbons (Fsp3) is 0.857. The van der Waals surface area contributed by atoms with Crippen LogP contribution in [0.4, 0.5) is 0 Å². The van der Waals surface area contributed by atoms with Crippen molar-refractivity contribution in [2.24, 2.45) is 0 Å². The fourth-order valence-corrected chi connectivity index (χ4v) is 4.17. The van der Waals surface area contributed by atoms with Gasteiger partial charge in [-0.15, -0.1) is 0 Å². The molecule has 1 aliphatic carbocycles. The second-order valence-electron chi connectivity index (χ2n) is 5.22. The zero-order valence-electron chi connectivity index (χ0n) is 12.0. The Kier molecular flexibility index (Phi) is 7.00. The van der Waals surface area contributed by atoms with E-state index in [1.54, 1.807) is 6.92 Å². The number of sulfone groups is 1. The average molecular weight is 301 g/mol. The van der Waals surface area contributed by atoms with E-state index >= 15 is 0 Å². The molecule has 0 aromatic carbocycles. The Bertz CT molecular complexity index is 446. The first-order valence-electron chi connectivity index (χ1n) is 7.30. The molecule has 0 spiro atoms. The lowest BCUT2D eigenvalue weighted by Gasteiger charge is -2.24. The molecule has 1 aliphatic rings. The van der Waals surface area contributed by atoms with Crippen LogP contribution >= 0.6 is 0 Å². The second kappa shape index (κ2) is 8.25. The quantitative estimate of drug-likeness (QED) is 0.532. The van der Waals surface area contributed by atoms with Gasteiger partial charge in [0.15, 0.2) is 15.1 Å². The third-order valence-electron chi connectivity index (χ3n) is 3.62. The van der Waals surface area contributed by atoms with Crippen LogP contribution in [-0.2, 0) is 19.4 Å². The first-order chi connectivity index (χ1) is 9.51. The van der Waals surface area contributed by atoms with E-state index in [9.17, 15) is 13.2 Å². The number of esters is 1. The van der Waals surface area contributed by atoms with Crippen LogP contribution in [0.25, 0.3) is 0 Å². The standard InChI is InChI=1S/C14H23NO4S/c1-2-13(20(17,18)11-7-6-10-15)14(16)19-12-8-4-3-5-9-12/h12-13H,2-9,11H2,1H3. The number of ether oxygens (including phenoxy) is 1. The summed E-state index contributed by atoms with van der Waals surface area (Å²) in [6.07, 6.45) is 5.43. The van der Waals surface area contributed by atoms with Crippen molar-refractivity contribution in [1.29, 1.82) is 5.26 Å². The van der Waals surface area contributed by atoms with Crippen molar-refractivity contribution in [2.75, 3.05) is 5.75 Å². The van der Waals surface area contributed by atoms with Crippen molar-refractivity contribution in [3.05, 3.63) is 0 Å². The van der Waals surface area contributed by atoms with Crippen LogP contribution in [0.2, 0.25) is 0 Å². The van der Waals surface area contributed by atoms with Gasteiger partial charge in [-0.1, -0.05) is 13.3 Å². The van der Waals surface area contributed by atoms with Crippen molar-refractivity contribution in [3.63, 3.8) is 0 Å². The Morgan fingerprint density at radius 2 is 2.00 bits per heavy atom. The van der Waals surface area contributed by atoms with Gasteiger partial charge in [0.05, 0.1) is 11.8 Å². The molecule has 0 radical (unpaired) electrons. The van der Waals surface area contributed by atoms with Gasteiger partial charge in [-0.2, -0.15) is 5.26 Å². The minimum atomic E-state index is -3.52. The van der Waals surface area contributed by atoms with Crippen LogP contribution in [0.15, 0.2) is 0 Å². The van der Waals surface area contributed by atoms with E-state index in [1.165, 1.54) is 0 Å². The van der Waals surface area contributed by atoms with Crippen LogP contribution in [0.1, 0.15) is 58.3 Å². The maximum Gasteiger partial charge on any atom is 0.324 e. The van der Waals surface area contributed by atoms with Gasteiger partial charge in [0.1, 0.15) is 6.10 Å². The van der Waals surface area contributed by atoms with Crippen LogP contribution < -0.4 is 0 Å². The lowest BCUT2D eigenvalue weighted by Crippen LogP contribution is -2.36. The zero-order valence-corrected chi connectivity index (χ0v) is 12.8. The zero-order chi connectivity index (χ0) is 15.0. The van der Waals surface area contributed by atoms with Crippen LogP contribution in [0, 0.1) is 11.3 Å². The van der Waals surface area contributed by atoms with E-state index in [0.29, 0.717) is 0 Å². The summed E-state index contributed by atoms with van der Waals surface area (Å²) in [5, 5.41) is 7.37. The van der Waals surface area contributed by atoms with Gasteiger partial charge in [-0.3, -0.25) is 4.79 Å². The van der Waals surface area contributed by atoms with E-state index in [4.69, 9.17) is 10.00 Å². The van der Waals surface area contributed by atoms with Crippen molar-refractivity contribution in [3.8, 4) is 6.07 Å². The number of rotatable bonds is 7. The summed E-state index contributed by atoms with van der Waals surface area (Å²) in [5.74, 6) is -0.741. The Hall–Kier alpha value is -1.09. The maximum atomic E-state index is 12.1. The molecule has 6 heteroatoms. The average Bonchev–Trinajstić information content (AvgIpc) is 2.40. The molecule has 20 heavy (non-hydrogen) atoms. The van der Waals surface area contributed by atoms with Gasteiger partial charge in [0, 0.05) is 6.42 Å². The third-order valence-corrected chi connectivity index (χ3v) is 5.87. The molecule has 1 saturated carbocycles. The molecule has 0 aromatic heterocycles. The Morgan fingerprint density at radius 3 is 2.55 bits per heavy atom. The highest BCUT2D eigenvalue weighted by Crippen LogP contribution is 2.22. The predicted octanol–water partition coefficient (Wildman–Crippen LogP) is 2.36. The van der Waals surface area contributed by atoms with Gasteiger partial charge < -0.3 is 4.74 Å². The van der Waals surface area contributed by atoms with Crippen LogP contribution in [0.5, 0.6) is 0 Å². The smallest absolute Gasteiger partial charge is 0.324 e. The van der Waals surface area contributed by atoms with E-state index in [0.717, 1.165) is 32.1 Å². The molecular weight excluding hydrogens is 278 g/mol. The number of hydrogen-bond acceptors (Lipinski definition) is 5. The lowest BCUT2D eigenvalue weighted by molar-refractivity contribution is -0.150. The fourth-order valence-electron chi connectivity index (χ4n) is 2.49. The molecule has 1 unspecified atom stereocenters. The highest BCUT2D eigenvalue weighted by atomic mass is 32.2. The first kappa shape index (κ1) is 17.0. The van der Waals surface area contributed by atoms with Crippen molar-refractivity contribution in [1.82, 2.24) is 0 Å². The van der Waals surface area contributed by atoms with Gasteiger partial charge in [0.25, 0.3) is 0 Å². The molecule has 0 bridgehead atoms. The molecule has 1 atom stereocenters. The number of carbonyl (C=O) groups is 1. The van der Waals surface area contributed by atoms with E-state index in [1.807, 2.05) is 6.07 Å². The molecule has 0 N–H and O–H groups in total. The largest absolute Gasteiger partial charge is 0.461 e. The van der Waals surface area contributed by atoms with Gasteiger partial charge >= 0.3 is 5.97 Å². The van der Waals surface area contributed by atoms with Gasteiger partial charge in [-0.25, -0.2) is 8.42 Å². The molecule has 1 rings (SSSR count). The summed E-state index contributed by atoms with van der Waals surface area (Å²) in [5.41, 5.74) is 0. The maximum absolute atomic E-state index is 12.1. The van der Waals surface area contributed by atoms with E-state index in [-0.39, 0.29) is 31.1 Å². The van der Waals surface area contributed by atoms with Crippen molar-refractivity contribution in [2.45, 2.75) is 69.6 Å². The van der Waals surface area contributed by atoms with Crippen molar-refractivity contribution >= 4 is 15.8 Å². The van der Waals surface area contributed by atoms with Gasteiger partial charge in [0.2, 0.25) is 0 Å². The highest BCUT2D eigenvalue weighted by Gasteiger charge is 2.33. The molecule has 1 fully saturated rings. The number of nitrogens with zero attached hydrogens (tertiary/aromatic N) is 1. The molecule has 0 saturated heterocycles. The summed E-state index contributed by atoms with van der Waals surface area (Å²) < 4.78 is 29.6. The van der Waals surface area contributed by atoms with E-state index in [2.05, 4.69) is 0 Å². The number of hydrogen-bond donors (Lipinski definition) is 0. The monoisotopic (exact) mass is 301 g/mol. The number of unbranched alkanes of at least 4 members (excludes halogenated alkanes) is 1. The Morgan fingerprint density at radius 1 is 1.35 bits per heavy atom. The Labute approximate surface area is 121 Å². The molecule has 114 valence electrons.